The number of nitrogens with zero attached hydrogens (tertiary/aromatic N) is 1. The molecule has 1 N–H and O–H groups in total. The standard InChI is InChI=1S/C10H12N2O3/c1-11-8-3-2-4-9(12(13)14)10(8)15-7-5-6-7/h2-4,7,11H,5-6H2,1H3. The summed E-state index contributed by atoms with van der Waals surface area (Å²) in [7, 11) is 1.72. The van der Waals surface area contributed by atoms with Gasteiger partial charge in [0.1, 0.15) is 0 Å². The highest BCUT2D eigenvalue weighted by Crippen LogP contribution is 2.38. The maximum absolute atomic E-state index is 10.8. The first-order chi connectivity index (χ1) is 7.22. The lowest BCUT2D eigenvalue weighted by molar-refractivity contribution is -0.385. The second kappa shape index (κ2) is 3.76. The lowest BCUT2D eigenvalue weighted by Crippen LogP contribution is -2.03. The zero-order chi connectivity index (χ0) is 10.8. The van der Waals surface area contributed by atoms with Crippen LogP contribution in [0.5, 0.6) is 5.75 Å². The van der Waals surface area contributed by atoms with E-state index in [1.807, 2.05) is 0 Å². The molecule has 2 rings (SSSR count). The summed E-state index contributed by atoms with van der Waals surface area (Å²) in [5.74, 6) is 0.354. The summed E-state index contributed by atoms with van der Waals surface area (Å²) in [6.07, 6.45) is 2.11. The summed E-state index contributed by atoms with van der Waals surface area (Å²) in [5.41, 5.74) is 0.685. The first kappa shape index (κ1) is 9.76. The van der Waals surface area contributed by atoms with Gasteiger partial charge in [-0.15, -0.1) is 0 Å². The number of anilines is 1. The number of para-hydroxylation sites is 1. The number of nitro groups is 1. The SMILES string of the molecule is CNc1cccc([N+](=O)[O-])c1OC1CC1. The topological polar surface area (TPSA) is 64.4 Å². The molecule has 0 heterocycles. The molecule has 1 saturated carbocycles. The lowest BCUT2D eigenvalue weighted by atomic mass is 10.2. The predicted molar refractivity (Wildman–Crippen MR) is 56.3 cm³/mol. The molecule has 0 atom stereocenters. The Hall–Kier alpha value is -1.78. The van der Waals surface area contributed by atoms with Crippen molar-refractivity contribution in [3.63, 3.8) is 0 Å². The van der Waals surface area contributed by atoms with Gasteiger partial charge in [-0.25, -0.2) is 0 Å². The Balaban J connectivity index is 2.38. The van der Waals surface area contributed by atoms with E-state index in [0.717, 1.165) is 12.8 Å². The van der Waals surface area contributed by atoms with Crippen LogP contribution in [0.15, 0.2) is 18.2 Å². The molecule has 1 aliphatic rings. The highest BCUT2D eigenvalue weighted by molar-refractivity contribution is 5.66. The second-order valence-electron chi connectivity index (χ2n) is 3.48. The van der Waals surface area contributed by atoms with E-state index in [1.165, 1.54) is 6.07 Å². The van der Waals surface area contributed by atoms with E-state index in [0.29, 0.717) is 11.4 Å². The van der Waals surface area contributed by atoms with E-state index >= 15 is 0 Å². The van der Waals surface area contributed by atoms with Crippen LogP contribution in [0.3, 0.4) is 0 Å². The molecule has 0 radical (unpaired) electrons. The van der Waals surface area contributed by atoms with Crippen molar-refractivity contribution < 1.29 is 9.66 Å². The van der Waals surface area contributed by atoms with Gasteiger partial charge in [0.25, 0.3) is 0 Å². The third-order valence-electron chi connectivity index (χ3n) is 2.27. The summed E-state index contributed by atoms with van der Waals surface area (Å²) < 4.78 is 5.54. The fraction of sp³-hybridized carbons (Fsp3) is 0.400. The number of nitro benzene ring substituents is 1. The van der Waals surface area contributed by atoms with Gasteiger partial charge in [0.2, 0.25) is 5.75 Å². The fourth-order valence-electron chi connectivity index (χ4n) is 1.34. The summed E-state index contributed by atoms with van der Waals surface area (Å²) in [6, 6.07) is 4.87. The molecule has 0 saturated heterocycles. The van der Waals surface area contributed by atoms with Gasteiger partial charge in [0, 0.05) is 13.1 Å². The Kier molecular flexibility index (Phi) is 2.45. The van der Waals surface area contributed by atoms with E-state index in [2.05, 4.69) is 5.32 Å². The summed E-state index contributed by atoms with van der Waals surface area (Å²) in [5, 5.41) is 13.7. The van der Waals surface area contributed by atoms with Crippen LogP contribution in [0.2, 0.25) is 0 Å². The molecule has 15 heavy (non-hydrogen) atoms. The molecule has 1 aromatic rings. The van der Waals surface area contributed by atoms with E-state index in [9.17, 15) is 10.1 Å². The Morgan fingerprint density at radius 3 is 2.80 bits per heavy atom. The minimum absolute atomic E-state index is 0.0220. The predicted octanol–water partition coefficient (Wildman–Crippen LogP) is 2.18. The van der Waals surface area contributed by atoms with E-state index < -0.39 is 4.92 Å². The minimum atomic E-state index is -0.418. The molecule has 1 aliphatic carbocycles. The molecular weight excluding hydrogens is 196 g/mol. The van der Waals surface area contributed by atoms with Gasteiger partial charge in [-0.1, -0.05) is 6.07 Å². The van der Waals surface area contributed by atoms with Crippen molar-refractivity contribution in [2.24, 2.45) is 0 Å². The van der Waals surface area contributed by atoms with Crippen LogP contribution in [0.4, 0.5) is 11.4 Å². The average Bonchev–Trinajstić information content (AvgIpc) is 3.01. The largest absolute Gasteiger partial charge is 0.482 e. The average molecular weight is 208 g/mol. The van der Waals surface area contributed by atoms with E-state index in [-0.39, 0.29) is 11.8 Å². The monoisotopic (exact) mass is 208 g/mol. The number of benzene rings is 1. The van der Waals surface area contributed by atoms with Crippen molar-refractivity contribution in [1.82, 2.24) is 0 Å². The Labute approximate surface area is 87.2 Å². The van der Waals surface area contributed by atoms with Gasteiger partial charge < -0.3 is 10.1 Å². The summed E-state index contributed by atoms with van der Waals surface area (Å²) in [4.78, 5) is 10.4. The van der Waals surface area contributed by atoms with E-state index in [1.54, 1.807) is 19.2 Å². The van der Waals surface area contributed by atoms with Crippen molar-refractivity contribution in [3.05, 3.63) is 28.3 Å². The van der Waals surface area contributed by atoms with Crippen LogP contribution in [-0.4, -0.2) is 18.1 Å². The lowest BCUT2D eigenvalue weighted by Gasteiger charge is -2.10. The minimum Gasteiger partial charge on any atom is -0.482 e. The molecule has 5 nitrogen and oxygen atoms in total. The van der Waals surface area contributed by atoms with Crippen molar-refractivity contribution in [3.8, 4) is 5.75 Å². The molecule has 0 spiro atoms. The molecule has 0 bridgehead atoms. The Morgan fingerprint density at radius 1 is 1.53 bits per heavy atom. The highest BCUT2D eigenvalue weighted by atomic mass is 16.6. The van der Waals surface area contributed by atoms with Crippen LogP contribution in [0, 0.1) is 10.1 Å². The number of ether oxygens (including phenoxy) is 1. The second-order valence-corrected chi connectivity index (χ2v) is 3.48. The number of nitrogens with one attached hydrogen (secondary N) is 1. The maximum atomic E-state index is 10.8. The molecule has 80 valence electrons. The number of hydrogen-bond acceptors (Lipinski definition) is 4. The van der Waals surface area contributed by atoms with Crippen LogP contribution >= 0.6 is 0 Å². The van der Waals surface area contributed by atoms with Gasteiger partial charge in [-0.2, -0.15) is 0 Å². The van der Waals surface area contributed by atoms with Gasteiger partial charge in [-0.05, 0) is 18.9 Å². The van der Waals surface area contributed by atoms with Crippen LogP contribution in [0.25, 0.3) is 0 Å². The molecule has 0 aromatic heterocycles. The first-order valence-corrected chi connectivity index (χ1v) is 4.84. The van der Waals surface area contributed by atoms with Crippen molar-refractivity contribution >= 4 is 11.4 Å². The molecule has 5 heteroatoms. The Bertz CT molecular complexity index is 388. The molecule has 0 amide bonds. The van der Waals surface area contributed by atoms with Gasteiger partial charge in [0.05, 0.1) is 16.7 Å². The van der Waals surface area contributed by atoms with Gasteiger partial charge in [-0.3, -0.25) is 10.1 Å². The molecular formula is C10H12N2O3. The molecule has 1 fully saturated rings. The normalized spacial score (nSPS) is 14.7. The number of hydrogen-bond donors (Lipinski definition) is 1. The zero-order valence-electron chi connectivity index (χ0n) is 8.40. The van der Waals surface area contributed by atoms with Crippen LogP contribution < -0.4 is 10.1 Å². The smallest absolute Gasteiger partial charge is 0.313 e. The summed E-state index contributed by atoms with van der Waals surface area (Å²) in [6.45, 7) is 0. The fourth-order valence-corrected chi connectivity index (χ4v) is 1.34. The van der Waals surface area contributed by atoms with Crippen LogP contribution in [0.1, 0.15) is 12.8 Å². The Morgan fingerprint density at radius 2 is 2.27 bits per heavy atom. The van der Waals surface area contributed by atoms with Gasteiger partial charge >= 0.3 is 5.69 Å². The molecule has 1 aromatic carbocycles. The highest BCUT2D eigenvalue weighted by Gasteiger charge is 2.28. The van der Waals surface area contributed by atoms with Gasteiger partial charge in [0.15, 0.2) is 0 Å². The zero-order valence-corrected chi connectivity index (χ0v) is 8.40. The molecule has 0 unspecified atom stereocenters. The number of rotatable bonds is 4. The first-order valence-electron chi connectivity index (χ1n) is 4.84. The van der Waals surface area contributed by atoms with Crippen molar-refractivity contribution in [2.75, 3.05) is 12.4 Å². The quantitative estimate of drug-likeness (QED) is 0.608. The van der Waals surface area contributed by atoms with Crippen molar-refractivity contribution in [1.29, 1.82) is 0 Å². The summed E-state index contributed by atoms with van der Waals surface area (Å²) >= 11 is 0. The third kappa shape index (κ3) is 2.01. The third-order valence-corrected chi connectivity index (χ3v) is 2.27. The van der Waals surface area contributed by atoms with Crippen molar-refractivity contribution in [2.45, 2.75) is 18.9 Å². The van der Waals surface area contributed by atoms with Crippen LogP contribution in [-0.2, 0) is 0 Å². The molecule has 0 aliphatic heterocycles. The van der Waals surface area contributed by atoms with E-state index in [4.69, 9.17) is 4.74 Å². The maximum Gasteiger partial charge on any atom is 0.313 e.